The fourth-order valence-corrected chi connectivity index (χ4v) is 2.90. The Kier molecular flexibility index (Phi) is 4.43. The lowest BCUT2D eigenvalue weighted by Gasteiger charge is -2.32. The fourth-order valence-electron chi connectivity index (χ4n) is 2.90. The van der Waals surface area contributed by atoms with Crippen molar-refractivity contribution < 1.29 is 4.39 Å². The summed E-state index contributed by atoms with van der Waals surface area (Å²) in [7, 11) is 4.11. The van der Waals surface area contributed by atoms with Crippen molar-refractivity contribution in [3.05, 3.63) is 35.1 Å². The molecule has 110 valence electrons. The molecule has 1 heterocycles. The Labute approximate surface area is 120 Å². The maximum absolute atomic E-state index is 13.4. The standard InChI is InChI=1S/C16H24FN3/c1-11(2)7-14(10-19(3)4)20-9-12-5-6-13(17)8-15(12)16(20)18/h5-6,8,11,14,18H,7,9-10H2,1-4H3. The second-order valence-electron chi connectivity index (χ2n) is 6.32. The number of hydrogen-bond acceptors (Lipinski definition) is 2. The molecule has 0 aliphatic carbocycles. The second-order valence-corrected chi connectivity index (χ2v) is 6.32. The van der Waals surface area contributed by atoms with E-state index >= 15 is 0 Å². The Bertz CT molecular complexity index is 486. The highest BCUT2D eigenvalue weighted by Gasteiger charge is 2.30. The normalized spacial score (nSPS) is 16.1. The molecule has 1 aliphatic heterocycles. The van der Waals surface area contributed by atoms with Crippen molar-refractivity contribution in [1.29, 1.82) is 5.41 Å². The summed E-state index contributed by atoms with van der Waals surface area (Å²) in [6, 6.07) is 5.08. The molecule has 1 unspecified atom stereocenters. The molecule has 1 aliphatic rings. The summed E-state index contributed by atoms with van der Waals surface area (Å²) in [6.07, 6.45) is 1.04. The maximum Gasteiger partial charge on any atom is 0.129 e. The SMILES string of the molecule is CC(C)CC(CN(C)C)N1Cc2ccc(F)cc2C1=N. The molecule has 20 heavy (non-hydrogen) atoms. The number of benzene rings is 1. The first-order valence-electron chi connectivity index (χ1n) is 7.17. The fraction of sp³-hybridized carbons (Fsp3) is 0.562. The van der Waals surface area contributed by atoms with Crippen LogP contribution >= 0.6 is 0 Å². The molecule has 0 amide bonds. The molecule has 1 atom stereocenters. The topological polar surface area (TPSA) is 30.3 Å². The van der Waals surface area contributed by atoms with E-state index in [0.717, 1.165) is 30.6 Å². The van der Waals surface area contributed by atoms with Gasteiger partial charge in [0.05, 0.1) is 0 Å². The average molecular weight is 277 g/mol. The Hall–Kier alpha value is -1.42. The Morgan fingerprint density at radius 2 is 2.05 bits per heavy atom. The van der Waals surface area contributed by atoms with Gasteiger partial charge in [0.2, 0.25) is 0 Å². The van der Waals surface area contributed by atoms with Gasteiger partial charge in [-0.2, -0.15) is 0 Å². The quantitative estimate of drug-likeness (QED) is 0.897. The summed E-state index contributed by atoms with van der Waals surface area (Å²) in [5, 5.41) is 8.34. The van der Waals surface area contributed by atoms with Gasteiger partial charge in [0.15, 0.2) is 0 Å². The smallest absolute Gasteiger partial charge is 0.129 e. The number of rotatable bonds is 5. The Morgan fingerprint density at radius 1 is 1.35 bits per heavy atom. The summed E-state index contributed by atoms with van der Waals surface area (Å²) in [5.74, 6) is 0.781. The zero-order valence-electron chi connectivity index (χ0n) is 12.8. The van der Waals surface area contributed by atoms with Crippen LogP contribution in [0.25, 0.3) is 0 Å². The van der Waals surface area contributed by atoms with E-state index in [1.54, 1.807) is 6.07 Å². The lowest BCUT2D eigenvalue weighted by Crippen LogP contribution is -2.43. The molecule has 0 bridgehead atoms. The third-order valence-corrected chi connectivity index (χ3v) is 3.72. The predicted octanol–water partition coefficient (Wildman–Crippen LogP) is 2.94. The molecule has 2 rings (SSSR count). The zero-order chi connectivity index (χ0) is 14.9. The molecule has 0 fully saturated rings. The first kappa shape index (κ1) is 15.0. The van der Waals surface area contributed by atoms with Gasteiger partial charge in [-0.15, -0.1) is 0 Å². The number of amidine groups is 1. The van der Waals surface area contributed by atoms with Gasteiger partial charge in [-0.1, -0.05) is 19.9 Å². The van der Waals surface area contributed by atoms with Crippen LogP contribution in [0.3, 0.4) is 0 Å². The minimum absolute atomic E-state index is 0.261. The maximum atomic E-state index is 13.4. The van der Waals surface area contributed by atoms with Crippen LogP contribution in [0.1, 0.15) is 31.4 Å². The van der Waals surface area contributed by atoms with Gasteiger partial charge in [-0.05, 0) is 44.1 Å². The molecular formula is C16H24FN3. The minimum Gasteiger partial charge on any atom is -0.348 e. The molecule has 0 aromatic heterocycles. The second kappa shape index (κ2) is 5.92. The van der Waals surface area contributed by atoms with Gasteiger partial charge in [-0.3, -0.25) is 5.41 Å². The van der Waals surface area contributed by atoms with Gasteiger partial charge in [-0.25, -0.2) is 4.39 Å². The Morgan fingerprint density at radius 3 is 2.65 bits per heavy atom. The number of likely N-dealkylation sites (N-methyl/N-ethyl adjacent to an activating group) is 1. The van der Waals surface area contributed by atoms with Gasteiger partial charge in [0, 0.05) is 24.7 Å². The lowest BCUT2D eigenvalue weighted by molar-refractivity contribution is 0.215. The molecule has 1 N–H and O–H groups in total. The zero-order valence-corrected chi connectivity index (χ0v) is 12.8. The molecule has 0 radical (unpaired) electrons. The van der Waals surface area contributed by atoms with Gasteiger partial charge < -0.3 is 9.80 Å². The predicted molar refractivity (Wildman–Crippen MR) is 80.6 cm³/mol. The number of fused-ring (bicyclic) bond motifs is 1. The van der Waals surface area contributed by atoms with Crippen LogP contribution in [-0.4, -0.2) is 42.3 Å². The van der Waals surface area contributed by atoms with E-state index in [1.165, 1.54) is 12.1 Å². The van der Waals surface area contributed by atoms with Crippen molar-refractivity contribution >= 4 is 5.84 Å². The molecule has 4 heteroatoms. The van der Waals surface area contributed by atoms with Crippen molar-refractivity contribution in [2.24, 2.45) is 5.92 Å². The number of halogens is 1. The summed E-state index contributed by atoms with van der Waals surface area (Å²) >= 11 is 0. The largest absolute Gasteiger partial charge is 0.348 e. The van der Waals surface area contributed by atoms with E-state index < -0.39 is 0 Å². The summed E-state index contributed by atoms with van der Waals surface area (Å²) in [6.45, 7) is 6.04. The molecule has 1 aromatic rings. The molecule has 0 saturated heterocycles. The monoisotopic (exact) mass is 277 g/mol. The van der Waals surface area contributed by atoms with Crippen LogP contribution < -0.4 is 0 Å². The minimum atomic E-state index is -0.261. The van der Waals surface area contributed by atoms with Gasteiger partial charge >= 0.3 is 0 Å². The summed E-state index contributed by atoms with van der Waals surface area (Å²) in [4.78, 5) is 4.27. The van der Waals surface area contributed by atoms with E-state index in [1.807, 2.05) is 0 Å². The molecule has 3 nitrogen and oxygen atoms in total. The number of hydrogen-bond donors (Lipinski definition) is 1. The van der Waals surface area contributed by atoms with Crippen molar-refractivity contribution in [1.82, 2.24) is 9.80 Å². The molecular weight excluding hydrogens is 253 g/mol. The first-order valence-corrected chi connectivity index (χ1v) is 7.17. The van der Waals surface area contributed by atoms with Crippen LogP contribution in [0.4, 0.5) is 4.39 Å². The third kappa shape index (κ3) is 3.18. The van der Waals surface area contributed by atoms with E-state index in [-0.39, 0.29) is 5.82 Å². The van der Waals surface area contributed by atoms with Crippen LogP contribution in [0.2, 0.25) is 0 Å². The summed E-state index contributed by atoms with van der Waals surface area (Å²) in [5.41, 5.74) is 1.81. The number of nitrogens with one attached hydrogen (secondary N) is 1. The van der Waals surface area contributed by atoms with Crippen molar-refractivity contribution in [3.63, 3.8) is 0 Å². The van der Waals surface area contributed by atoms with E-state index in [9.17, 15) is 4.39 Å². The molecule has 1 aromatic carbocycles. The highest BCUT2D eigenvalue weighted by atomic mass is 19.1. The van der Waals surface area contributed by atoms with E-state index in [0.29, 0.717) is 17.8 Å². The van der Waals surface area contributed by atoms with E-state index in [4.69, 9.17) is 5.41 Å². The van der Waals surface area contributed by atoms with Crippen molar-refractivity contribution in [3.8, 4) is 0 Å². The first-order chi connectivity index (χ1) is 9.38. The average Bonchev–Trinajstić information content (AvgIpc) is 2.65. The van der Waals surface area contributed by atoms with Crippen LogP contribution in [-0.2, 0) is 6.54 Å². The lowest BCUT2D eigenvalue weighted by atomic mass is 10.0. The van der Waals surface area contributed by atoms with E-state index in [2.05, 4.69) is 37.7 Å². The highest BCUT2D eigenvalue weighted by molar-refractivity contribution is 6.00. The summed E-state index contributed by atoms with van der Waals surface area (Å²) < 4.78 is 13.4. The molecule has 0 spiro atoms. The third-order valence-electron chi connectivity index (χ3n) is 3.72. The van der Waals surface area contributed by atoms with Crippen LogP contribution in [0, 0.1) is 17.1 Å². The van der Waals surface area contributed by atoms with Crippen molar-refractivity contribution in [2.75, 3.05) is 20.6 Å². The Balaban J connectivity index is 2.22. The van der Waals surface area contributed by atoms with Gasteiger partial charge in [0.25, 0.3) is 0 Å². The molecule has 0 saturated carbocycles. The van der Waals surface area contributed by atoms with Crippen LogP contribution in [0.15, 0.2) is 18.2 Å². The van der Waals surface area contributed by atoms with Crippen molar-refractivity contribution in [2.45, 2.75) is 32.9 Å². The van der Waals surface area contributed by atoms with Gasteiger partial charge in [0.1, 0.15) is 11.7 Å². The number of nitrogens with zero attached hydrogens (tertiary/aromatic N) is 2. The van der Waals surface area contributed by atoms with Crippen LogP contribution in [0.5, 0.6) is 0 Å². The highest BCUT2D eigenvalue weighted by Crippen LogP contribution is 2.27.